The van der Waals surface area contributed by atoms with Crippen molar-refractivity contribution in [2.45, 2.75) is 13.3 Å². The second-order valence-electron chi connectivity index (χ2n) is 5.16. The highest BCUT2D eigenvalue weighted by Gasteiger charge is 2.37. The van der Waals surface area contributed by atoms with Crippen LogP contribution in [0.4, 0.5) is 5.82 Å². The van der Waals surface area contributed by atoms with E-state index in [4.69, 9.17) is 0 Å². The van der Waals surface area contributed by atoms with Gasteiger partial charge in [-0.2, -0.15) is 0 Å². The molecule has 4 heterocycles. The smallest absolute Gasteiger partial charge is 0.191 e. The first kappa shape index (κ1) is 14.3. The minimum Gasteiger partial charge on any atom is -0.290 e. The van der Waals surface area contributed by atoms with Crippen LogP contribution in [-0.4, -0.2) is 70.0 Å². The molecule has 0 radical (unpaired) electrons. The van der Waals surface area contributed by atoms with Crippen molar-refractivity contribution in [2.24, 2.45) is 0 Å². The van der Waals surface area contributed by atoms with E-state index in [2.05, 4.69) is 58.2 Å². The average Bonchev–Trinajstić information content (AvgIpc) is 3.36. The lowest BCUT2D eigenvalue weighted by Gasteiger charge is -2.32. The first-order valence-electron chi connectivity index (χ1n) is 7.42. The van der Waals surface area contributed by atoms with Crippen molar-refractivity contribution in [1.29, 1.82) is 0 Å². The second kappa shape index (κ2) is 5.73. The Hall–Kier alpha value is -3.28. The fourth-order valence-electron chi connectivity index (χ4n) is 2.86. The lowest BCUT2D eigenvalue weighted by molar-refractivity contribution is 0.0605. The summed E-state index contributed by atoms with van der Waals surface area (Å²) in [4.78, 5) is 0. The summed E-state index contributed by atoms with van der Waals surface area (Å²) in [6.45, 7) is 2.84. The number of nitrogens with zero attached hydrogens (tertiary/aromatic N) is 9. The van der Waals surface area contributed by atoms with Crippen LogP contribution < -0.4 is 5.01 Å². The van der Waals surface area contributed by atoms with Gasteiger partial charge in [0, 0.05) is 20.0 Å². The third-order valence-electron chi connectivity index (χ3n) is 3.84. The van der Waals surface area contributed by atoms with Crippen LogP contribution in [0, 0.1) is 0 Å². The van der Waals surface area contributed by atoms with Crippen molar-refractivity contribution in [3.63, 3.8) is 0 Å². The summed E-state index contributed by atoms with van der Waals surface area (Å²) in [5, 5.41) is 38.1. The minimum atomic E-state index is 0.613. The van der Waals surface area contributed by atoms with E-state index in [1.54, 1.807) is 18.6 Å². The third-order valence-corrected chi connectivity index (χ3v) is 3.84. The molecule has 3 N–H and O–H groups in total. The topological polar surface area (TPSA) is 134 Å². The highest BCUT2D eigenvalue weighted by atomic mass is 15.9. The summed E-state index contributed by atoms with van der Waals surface area (Å²) in [6.07, 6.45) is 5.80. The van der Waals surface area contributed by atoms with Gasteiger partial charge in [0.25, 0.3) is 0 Å². The van der Waals surface area contributed by atoms with E-state index in [0.29, 0.717) is 17.9 Å². The van der Waals surface area contributed by atoms with Gasteiger partial charge < -0.3 is 0 Å². The average molecular weight is 328 g/mol. The van der Waals surface area contributed by atoms with E-state index in [-0.39, 0.29) is 0 Å². The van der Waals surface area contributed by atoms with Gasteiger partial charge in [0.1, 0.15) is 11.4 Å². The molecule has 3 aromatic heterocycles. The first-order valence-corrected chi connectivity index (χ1v) is 7.42. The lowest BCUT2D eigenvalue weighted by Crippen LogP contribution is -2.43. The van der Waals surface area contributed by atoms with Crippen molar-refractivity contribution < 1.29 is 0 Å². The fraction of sp³-hybridized carbons (Fsp3) is 0.333. The predicted molar refractivity (Wildman–Crippen MR) is 82.4 cm³/mol. The predicted octanol–water partition coefficient (Wildman–Crippen LogP) is -0.444. The van der Waals surface area contributed by atoms with Crippen LogP contribution in [0.3, 0.4) is 0 Å². The van der Waals surface area contributed by atoms with E-state index in [0.717, 1.165) is 23.6 Å². The molecular weight excluding hydrogens is 312 g/mol. The molecule has 0 bridgehead atoms. The summed E-state index contributed by atoms with van der Waals surface area (Å²) in [7, 11) is 1.95. The zero-order chi connectivity index (χ0) is 16.5. The summed E-state index contributed by atoms with van der Waals surface area (Å²) in [5.74, 6) is 0.659. The highest BCUT2D eigenvalue weighted by Crippen LogP contribution is 2.36. The maximum atomic E-state index is 4.18. The number of aromatic nitrogens is 9. The van der Waals surface area contributed by atoms with Gasteiger partial charge in [0.05, 0.1) is 30.0 Å². The van der Waals surface area contributed by atoms with Gasteiger partial charge in [-0.25, -0.2) is 5.01 Å². The summed E-state index contributed by atoms with van der Waals surface area (Å²) in [6, 6.07) is 0. The normalized spacial score (nSPS) is 15.8. The third kappa shape index (κ3) is 2.20. The molecule has 0 aromatic carbocycles. The molecule has 0 atom stereocenters. The maximum absolute atomic E-state index is 4.18. The summed E-state index contributed by atoms with van der Waals surface area (Å²) in [5.41, 5.74) is 3.52. The molecule has 12 nitrogen and oxygen atoms in total. The molecule has 124 valence electrons. The standard InChI is InChI=1S/C12H16N12/c1-3-23-10(4-8-5-13-19-16-8)12(9-6-14-20-17-9)24(22(23)2)11-7-15-21-18-11/h5-7H,3-4H2,1-2H3,(H,13,16,19)(H,14,17,20)(H,15,18,21). The number of H-pyrrole nitrogens is 3. The molecular formula is C12H16N12. The Labute approximate surface area is 136 Å². The summed E-state index contributed by atoms with van der Waals surface area (Å²) >= 11 is 0. The van der Waals surface area contributed by atoms with Gasteiger partial charge in [-0.15, -0.1) is 20.4 Å². The van der Waals surface area contributed by atoms with Crippen LogP contribution in [0.15, 0.2) is 24.3 Å². The fourth-order valence-corrected chi connectivity index (χ4v) is 2.86. The Morgan fingerprint density at radius 3 is 2.54 bits per heavy atom. The quantitative estimate of drug-likeness (QED) is 0.569. The SMILES string of the molecule is CCN1C(Cc2cnn[nH]2)=C(c2c[nH]nn2)N(c2c[nH]nn2)N1C. The monoisotopic (exact) mass is 328 g/mol. The Bertz CT molecular complexity index is 802. The van der Waals surface area contributed by atoms with Crippen molar-refractivity contribution in [3.8, 4) is 0 Å². The largest absolute Gasteiger partial charge is 0.290 e. The lowest BCUT2D eigenvalue weighted by atomic mass is 10.1. The Morgan fingerprint density at radius 1 is 1.08 bits per heavy atom. The van der Waals surface area contributed by atoms with Crippen molar-refractivity contribution in [2.75, 3.05) is 18.6 Å². The van der Waals surface area contributed by atoms with E-state index in [1.807, 2.05) is 17.2 Å². The van der Waals surface area contributed by atoms with Crippen LogP contribution in [0.5, 0.6) is 0 Å². The van der Waals surface area contributed by atoms with Gasteiger partial charge in [0.15, 0.2) is 5.82 Å². The van der Waals surface area contributed by atoms with Gasteiger partial charge in [-0.05, 0) is 6.92 Å². The number of hydrazine groups is 2. The highest BCUT2D eigenvalue weighted by molar-refractivity contribution is 5.78. The zero-order valence-corrected chi connectivity index (χ0v) is 13.2. The molecule has 1 aliphatic rings. The van der Waals surface area contributed by atoms with E-state index < -0.39 is 0 Å². The molecule has 4 rings (SSSR count). The molecule has 0 aliphatic carbocycles. The number of aromatic amines is 3. The van der Waals surface area contributed by atoms with E-state index >= 15 is 0 Å². The minimum absolute atomic E-state index is 0.613. The molecule has 0 saturated heterocycles. The molecule has 1 aliphatic heterocycles. The van der Waals surface area contributed by atoms with Gasteiger partial charge in [-0.1, -0.05) is 15.6 Å². The first-order chi connectivity index (χ1) is 11.8. The van der Waals surface area contributed by atoms with Gasteiger partial charge in [0.2, 0.25) is 0 Å². The Morgan fingerprint density at radius 2 is 1.92 bits per heavy atom. The molecule has 0 saturated carbocycles. The number of likely N-dealkylation sites (N-methyl/N-ethyl adjacent to an activating group) is 1. The van der Waals surface area contributed by atoms with Crippen LogP contribution >= 0.6 is 0 Å². The van der Waals surface area contributed by atoms with Gasteiger partial charge in [-0.3, -0.25) is 20.3 Å². The molecule has 0 spiro atoms. The van der Waals surface area contributed by atoms with Crippen LogP contribution in [0.2, 0.25) is 0 Å². The van der Waals surface area contributed by atoms with Crippen LogP contribution in [0.25, 0.3) is 5.70 Å². The molecule has 0 amide bonds. The van der Waals surface area contributed by atoms with Crippen molar-refractivity contribution >= 4 is 11.5 Å². The van der Waals surface area contributed by atoms with Crippen LogP contribution in [-0.2, 0) is 6.42 Å². The molecule has 0 unspecified atom stereocenters. The Balaban J connectivity index is 1.86. The molecule has 0 fully saturated rings. The van der Waals surface area contributed by atoms with E-state index in [9.17, 15) is 0 Å². The van der Waals surface area contributed by atoms with E-state index in [1.165, 1.54) is 0 Å². The molecule has 3 aromatic rings. The van der Waals surface area contributed by atoms with Crippen molar-refractivity contribution in [1.82, 2.24) is 56.4 Å². The summed E-state index contributed by atoms with van der Waals surface area (Å²) < 4.78 is 0. The maximum Gasteiger partial charge on any atom is 0.191 e. The van der Waals surface area contributed by atoms with Crippen LogP contribution in [0.1, 0.15) is 18.3 Å². The van der Waals surface area contributed by atoms with Gasteiger partial charge >= 0.3 is 0 Å². The number of allylic oxidation sites excluding steroid dienone is 1. The molecule has 12 heteroatoms. The number of hydrogen-bond donors (Lipinski definition) is 3. The number of nitrogens with one attached hydrogen (secondary N) is 3. The van der Waals surface area contributed by atoms with Crippen molar-refractivity contribution in [3.05, 3.63) is 35.7 Å². The Kier molecular flexibility index (Phi) is 3.42. The molecule has 24 heavy (non-hydrogen) atoms. The number of anilines is 1. The second-order valence-corrected chi connectivity index (χ2v) is 5.16. The number of hydrogen-bond acceptors (Lipinski definition) is 9. The number of rotatable bonds is 5. The zero-order valence-electron chi connectivity index (χ0n) is 13.2.